The molecule has 7 nitrogen and oxygen atoms in total. The van der Waals surface area contributed by atoms with E-state index in [-0.39, 0.29) is 5.56 Å². The fraction of sp³-hybridized carbons (Fsp3) is 0.357. The van der Waals surface area contributed by atoms with E-state index in [1.807, 2.05) is 5.32 Å². The van der Waals surface area contributed by atoms with E-state index < -0.39 is 37.0 Å². The van der Waals surface area contributed by atoms with E-state index in [2.05, 4.69) is 5.32 Å². The molecule has 8 heteroatoms. The predicted molar refractivity (Wildman–Crippen MR) is 75.5 cm³/mol. The minimum absolute atomic E-state index is 0.248. The van der Waals surface area contributed by atoms with Crippen LogP contribution in [0.4, 0.5) is 4.39 Å². The maximum absolute atomic E-state index is 12.4. The van der Waals surface area contributed by atoms with E-state index >= 15 is 0 Å². The van der Waals surface area contributed by atoms with E-state index in [0.717, 1.165) is 0 Å². The minimum atomic E-state index is -1.62. The van der Waals surface area contributed by atoms with Crippen LogP contribution in [0.1, 0.15) is 17.3 Å². The van der Waals surface area contributed by atoms with Gasteiger partial charge in [-0.2, -0.15) is 0 Å². The number of carbonyl (C=O) groups excluding carboxylic acids is 2. The number of carboxylic acid groups (broad SMARTS) is 1. The summed E-state index contributed by atoms with van der Waals surface area (Å²) in [6.45, 7) is 0.442. The van der Waals surface area contributed by atoms with Gasteiger partial charge in [-0.1, -0.05) is 12.1 Å². The Morgan fingerprint density at radius 1 is 1.32 bits per heavy atom. The molecule has 0 aliphatic carbocycles. The SMILES string of the molecule is CCOc1ccccc1C(=O)NCC(=O)NC(CF)C(=O)O. The maximum atomic E-state index is 12.4. The average molecular weight is 312 g/mol. The van der Waals surface area contributed by atoms with Crippen molar-refractivity contribution in [3.05, 3.63) is 29.8 Å². The Labute approximate surface area is 126 Å². The highest BCUT2D eigenvalue weighted by molar-refractivity contribution is 5.99. The van der Waals surface area contributed by atoms with Gasteiger partial charge in [0.05, 0.1) is 18.7 Å². The summed E-state index contributed by atoms with van der Waals surface area (Å²) in [4.78, 5) is 34.0. The second-order valence-electron chi connectivity index (χ2n) is 4.22. The van der Waals surface area contributed by atoms with E-state index in [1.165, 1.54) is 6.07 Å². The van der Waals surface area contributed by atoms with Crippen molar-refractivity contribution in [3.63, 3.8) is 0 Å². The molecule has 1 unspecified atom stereocenters. The number of carbonyl (C=O) groups is 3. The van der Waals surface area contributed by atoms with Crippen LogP contribution in [0.5, 0.6) is 5.75 Å². The maximum Gasteiger partial charge on any atom is 0.328 e. The van der Waals surface area contributed by atoms with Gasteiger partial charge in [-0.05, 0) is 19.1 Å². The summed E-state index contributed by atoms with van der Waals surface area (Å²) in [5, 5.41) is 12.9. The first kappa shape index (κ1) is 17.4. The van der Waals surface area contributed by atoms with Crippen molar-refractivity contribution in [2.24, 2.45) is 0 Å². The summed E-state index contributed by atoms with van der Waals surface area (Å²) >= 11 is 0. The summed E-state index contributed by atoms with van der Waals surface area (Å²) in [5.41, 5.74) is 0.248. The Bertz CT molecular complexity index is 550. The number of para-hydroxylation sites is 1. The predicted octanol–water partition coefficient (Wildman–Crippen LogP) is 0.354. The van der Waals surface area contributed by atoms with Gasteiger partial charge in [-0.15, -0.1) is 0 Å². The normalized spacial score (nSPS) is 11.4. The highest BCUT2D eigenvalue weighted by atomic mass is 19.1. The third-order valence-electron chi connectivity index (χ3n) is 2.63. The molecule has 0 bridgehead atoms. The fourth-order valence-electron chi connectivity index (χ4n) is 1.60. The molecular weight excluding hydrogens is 295 g/mol. The molecule has 1 aromatic rings. The molecule has 0 fully saturated rings. The van der Waals surface area contributed by atoms with Gasteiger partial charge in [-0.3, -0.25) is 9.59 Å². The number of hydrogen-bond acceptors (Lipinski definition) is 4. The van der Waals surface area contributed by atoms with Crippen LogP contribution in [-0.4, -0.2) is 48.8 Å². The lowest BCUT2D eigenvalue weighted by Crippen LogP contribution is -2.46. The third-order valence-corrected chi connectivity index (χ3v) is 2.63. The van der Waals surface area contributed by atoms with Crippen LogP contribution >= 0.6 is 0 Å². The molecule has 0 aromatic heterocycles. The first-order chi connectivity index (χ1) is 10.5. The number of hydrogen-bond donors (Lipinski definition) is 3. The molecule has 0 radical (unpaired) electrons. The number of halogens is 1. The molecule has 0 aliphatic heterocycles. The molecule has 0 saturated heterocycles. The molecule has 0 saturated carbocycles. The van der Waals surface area contributed by atoms with Crippen molar-refractivity contribution in [3.8, 4) is 5.75 Å². The molecule has 0 spiro atoms. The zero-order valence-corrected chi connectivity index (χ0v) is 12.0. The van der Waals surface area contributed by atoms with E-state index in [9.17, 15) is 18.8 Å². The van der Waals surface area contributed by atoms with Crippen LogP contribution in [0.15, 0.2) is 24.3 Å². The highest BCUT2D eigenvalue weighted by Gasteiger charge is 2.20. The van der Waals surface area contributed by atoms with E-state index in [1.54, 1.807) is 25.1 Å². The molecular formula is C14H17FN2O5. The van der Waals surface area contributed by atoms with Crippen LogP contribution in [0.2, 0.25) is 0 Å². The lowest BCUT2D eigenvalue weighted by Gasteiger charge is -2.12. The number of carboxylic acids is 1. The number of amides is 2. The van der Waals surface area contributed by atoms with Crippen molar-refractivity contribution < 1.29 is 28.6 Å². The molecule has 1 aromatic carbocycles. The molecule has 22 heavy (non-hydrogen) atoms. The Balaban J connectivity index is 2.59. The number of rotatable bonds is 8. The largest absolute Gasteiger partial charge is 0.493 e. The lowest BCUT2D eigenvalue weighted by atomic mass is 10.2. The van der Waals surface area contributed by atoms with Gasteiger partial charge in [0, 0.05) is 0 Å². The number of aliphatic carboxylic acids is 1. The molecule has 1 atom stereocenters. The van der Waals surface area contributed by atoms with Crippen molar-refractivity contribution in [2.75, 3.05) is 19.8 Å². The molecule has 1 rings (SSSR count). The lowest BCUT2D eigenvalue weighted by molar-refractivity contribution is -0.142. The molecule has 2 amide bonds. The summed E-state index contributed by atoms with van der Waals surface area (Å²) in [6.07, 6.45) is 0. The van der Waals surface area contributed by atoms with Crippen molar-refractivity contribution in [1.29, 1.82) is 0 Å². The van der Waals surface area contributed by atoms with Gasteiger partial charge in [0.15, 0.2) is 6.04 Å². The van der Waals surface area contributed by atoms with Gasteiger partial charge in [0.1, 0.15) is 12.4 Å². The fourth-order valence-corrected chi connectivity index (χ4v) is 1.60. The van der Waals surface area contributed by atoms with Crippen LogP contribution in [0.3, 0.4) is 0 Å². The summed E-state index contributed by atoms with van der Waals surface area (Å²) in [6, 6.07) is 4.86. The molecule has 0 heterocycles. The van der Waals surface area contributed by atoms with Crippen LogP contribution < -0.4 is 15.4 Å². The summed E-state index contributed by atoms with van der Waals surface area (Å²) in [7, 11) is 0. The van der Waals surface area contributed by atoms with Gasteiger partial charge >= 0.3 is 5.97 Å². The number of alkyl halides is 1. The first-order valence-electron chi connectivity index (χ1n) is 6.57. The Morgan fingerprint density at radius 2 is 2.00 bits per heavy atom. The van der Waals surface area contributed by atoms with Crippen molar-refractivity contribution >= 4 is 17.8 Å². The van der Waals surface area contributed by atoms with Crippen LogP contribution in [0.25, 0.3) is 0 Å². The zero-order chi connectivity index (χ0) is 16.5. The Morgan fingerprint density at radius 3 is 2.59 bits per heavy atom. The smallest absolute Gasteiger partial charge is 0.328 e. The quantitative estimate of drug-likeness (QED) is 0.642. The zero-order valence-electron chi connectivity index (χ0n) is 12.0. The standard InChI is InChI=1S/C14H17FN2O5/c1-2-22-11-6-4-3-5-9(11)13(19)16-8-12(18)17-10(7-15)14(20)21/h3-6,10H,2,7-8H2,1H3,(H,16,19)(H,17,18)(H,20,21). The topological polar surface area (TPSA) is 105 Å². The van der Waals surface area contributed by atoms with Crippen molar-refractivity contribution in [1.82, 2.24) is 10.6 Å². The third kappa shape index (κ3) is 5.04. The monoisotopic (exact) mass is 312 g/mol. The van der Waals surface area contributed by atoms with Crippen LogP contribution in [0, 0.1) is 0 Å². The molecule has 0 aliphatic rings. The Kier molecular flexibility index (Phi) is 6.81. The van der Waals surface area contributed by atoms with Crippen molar-refractivity contribution in [2.45, 2.75) is 13.0 Å². The number of benzene rings is 1. The first-order valence-corrected chi connectivity index (χ1v) is 6.57. The number of nitrogens with one attached hydrogen (secondary N) is 2. The van der Waals surface area contributed by atoms with E-state index in [0.29, 0.717) is 12.4 Å². The van der Waals surface area contributed by atoms with Gasteiger partial charge < -0.3 is 20.5 Å². The highest BCUT2D eigenvalue weighted by Crippen LogP contribution is 2.17. The van der Waals surface area contributed by atoms with Gasteiger partial charge in [0.25, 0.3) is 5.91 Å². The summed E-state index contributed by atoms with van der Waals surface area (Å²) < 4.78 is 17.7. The van der Waals surface area contributed by atoms with Gasteiger partial charge in [0.2, 0.25) is 5.91 Å². The average Bonchev–Trinajstić information content (AvgIpc) is 2.50. The molecule has 3 N–H and O–H groups in total. The second-order valence-corrected chi connectivity index (χ2v) is 4.22. The summed E-state index contributed by atoms with van der Waals surface area (Å²) in [5.74, 6) is -2.46. The van der Waals surface area contributed by atoms with Gasteiger partial charge in [-0.25, -0.2) is 9.18 Å². The van der Waals surface area contributed by atoms with E-state index in [4.69, 9.17) is 9.84 Å². The van der Waals surface area contributed by atoms with Crippen LogP contribution in [-0.2, 0) is 9.59 Å². The number of ether oxygens (including phenoxy) is 1. The second kappa shape index (κ2) is 8.60. The Hall–Kier alpha value is -2.64. The minimum Gasteiger partial charge on any atom is -0.493 e. The molecule has 120 valence electrons.